The molecule has 0 bridgehead atoms. The van der Waals surface area contributed by atoms with Crippen molar-refractivity contribution in [2.75, 3.05) is 16.8 Å². The third-order valence-electron chi connectivity index (χ3n) is 5.75. The zero-order valence-electron chi connectivity index (χ0n) is 18.3. The van der Waals surface area contributed by atoms with E-state index in [0.29, 0.717) is 36.6 Å². The zero-order valence-corrected chi connectivity index (χ0v) is 18.3. The number of hydrogen-bond donors (Lipinski definition) is 1. The number of anilines is 2. The summed E-state index contributed by atoms with van der Waals surface area (Å²) in [5, 5.41) is 2.94. The number of nitrogens with zero attached hydrogens (tertiary/aromatic N) is 3. The first-order valence-corrected chi connectivity index (χ1v) is 11.0. The van der Waals surface area contributed by atoms with Gasteiger partial charge in [-0.05, 0) is 61.4 Å². The number of ether oxygens (including phenoxy) is 1. The van der Waals surface area contributed by atoms with Crippen LogP contribution in [0, 0.1) is 6.92 Å². The highest BCUT2D eigenvalue weighted by Gasteiger charge is 2.24. The SMILES string of the molecule is Cc1cccn2cc(COc3ccc(C(=O)Nc4ccccc4N4CCCC4=O)cc3)nc12. The smallest absolute Gasteiger partial charge is 0.255 e. The second-order valence-electron chi connectivity index (χ2n) is 8.09. The fraction of sp³-hybridized carbons (Fsp3) is 0.192. The van der Waals surface area contributed by atoms with Crippen LogP contribution in [0.15, 0.2) is 73.1 Å². The minimum Gasteiger partial charge on any atom is -0.487 e. The van der Waals surface area contributed by atoms with Crippen molar-refractivity contribution in [3.05, 3.63) is 89.9 Å². The predicted molar refractivity (Wildman–Crippen MR) is 127 cm³/mol. The maximum absolute atomic E-state index is 12.8. The van der Waals surface area contributed by atoms with Crippen LogP contribution in [0.3, 0.4) is 0 Å². The van der Waals surface area contributed by atoms with Crippen molar-refractivity contribution in [2.24, 2.45) is 0 Å². The van der Waals surface area contributed by atoms with Gasteiger partial charge in [-0.25, -0.2) is 4.98 Å². The molecule has 0 radical (unpaired) electrons. The second kappa shape index (κ2) is 8.78. The first-order chi connectivity index (χ1) is 16.1. The first kappa shape index (κ1) is 20.8. The van der Waals surface area contributed by atoms with Crippen LogP contribution in [0.2, 0.25) is 0 Å². The lowest BCUT2D eigenvalue weighted by atomic mass is 10.2. The lowest BCUT2D eigenvalue weighted by Gasteiger charge is -2.20. The first-order valence-electron chi connectivity index (χ1n) is 11.0. The number of para-hydroxylation sites is 2. The van der Waals surface area contributed by atoms with Crippen molar-refractivity contribution >= 4 is 28.8 Å². The standard InChI is InChI=1S/C26H24N4O3/c1-18-6-4-14-29-16-20(27-25(18)29)17-33-21-12-10-19(11-13-21)26(32)28-22-7-2-3-8-23(22)30-15-5-9-24(30)31/h2-4,6-8,10-14,16H,5,9,15,17H2,1H3,(H,28,32). The predicted octanol–water partition coefficient (Wildman–Crippen LogP) is 4.60. The van der Waals surface area contributed by atoms with E-state index in [0.717, 1.165) is 29.0 Å². The fourth-order valence-corrected chi connectivity index (χ4v) is 4.05. The van der Waals surface area contributed by atoms with Gasteiger partial charge >= 0.3 is 0 Å². The van der Waals surface area contributed by atoms with Crippen molar-refractivity contribution in [3.63, 3.8) is 0 Å². The molecule has 0 unspecified atom stereocenters. The third-order valence-corrected chi connectivity index (χ3v) is 5.75. The molecule has 0 spiro atoms. The van der Waals surface area contributed by atoms with Crippen LogP contribution in [-0.2, 0) is 11.4 Å². The fourth-order valence-electron chi connectivity index (χ4n) is 4.05. The summed E-state index contributed by atoms with van der Waals surface area (Å²) < 4.78 is 7.84. The van der Waals surface area contributed by atoms with Crippen molar-refractivity contribution < 1.29 is 14.3 Å². The molecule has 166 valence electrons. The summed E-state index contributed by atoms with van der Waals surface area (Å²) >= 11 is 0. The van der Waals surface area contributed by atoms with Crippen molar-refractivity contribution in [2.45, 2.75) is 26.4 Å². The molecule has 33 heavy (non-hydrogen) atoms. The number of benzene rings is 2. The molecule has 1 fully saturated rings. The van der Waals surface area contributed by atoms with Crippen LogP contribution in [0.4, 0.5) is 11.4 Å². The molecule has 4 aromatic rings. The van der Waals surface area contributed by atoms with Crippen LogP contribution in [-0.4, -0.2) is 27.7 Å². The zero-order chi connectivity index (χ0) is 22.8. The van der Waals surface area contributed by atoms with Crippen LogP contribution < -0.4 is 15.0 Å². The average molecular weight is 441 g/mol. The number of hydrogen-bond acceptors (Lipinski definition) is 4. The van der Waals surface area contributed by atoms with E-state index >= 15 is 0 Å². The molecule has 2 aromatic heterocycles. The quantitative estimate of drug-likeness (QED) is 0.475. The number of aromatic nitrogens is 2. The number of nitrogens with one attached hydrogen (secondary N) is 1. The maximum atomic E-state index is 12.8. The van der Waals surface area contributed by atoms with E-state index < -0.39 is 0 Å². The maximum Gasteiger partial charge on any atom is 0.255 e. The number of carbonyl (C=O) groups excluding carboxylic acids is 2. The number of fused-ring (bicyclic) bond motifs is 1. The van der Waals surface area contributed by atoms with E-state index in [9.17, 15) is 9.59 Å². The Labute approximate surface area is 191 Å². The molecule has 2 amide bonds. The molecule has 2 aromatic carbocycles. The van der Waals surface area contributed by atoms with Gasteiger partial charge in [-0.15, -0.1) is 0 Å². The van der Waals surface area contributed by atoms with Crippen molar-refractivity contribution in [1.29, 1.82) is 0 Å². The molecule has 1 saturated heterocycles. The van der Waals surface area contributed by atoms with Gasteiger partial charge in [-0.1, -0.05) is 18.2 Å². The molecule has 1 aliphatic heterocycles. The van der Waals surface area contributed by atoms with Gasteiger partial charge < -0.3 is 19.4 Å². The summed E-state index contributed by atoms with van der Waals surface area (Å²) in [6, 6.07) is 18.4. The lowest BCUT2D eigenvalue weighted by Crippen LogP contribution is -2.25. The summed E-state index contributed by atoms with van der Waals surface area (Å²) in [5.41, 5.74) is 4.72. The molecule has 0 saturated carbocycles. The Kier molecular flexibility index (Phi) is 5.52. The van der Waals surface area contributed by atoms with Gasteiger partial charge in [0.1, 0.15) is 18.0 Å². The van der Waals surface area contributed by atoms with Gasteiger partial charge in [0, 0.05) is 30.9 Å². The summed E-state index contributed by atoms with van der Waals surface area (Å²) in [5.74, 6) is 0.499. The Hall–Kier alpha value is -4.13. The van der Waals surface area contributed by atoms with Gasteiger partial charge in [-0.3, -0.25) is 9.59 Å². The summed E-state index contributed by atoms with van der Waals surface area (Å²) in [4.78, 5) is 31.3. The number of carbonyl (C=O) groups is 2. The minimum absolute atomic E-state index is 0.0824. The molecule has 0 atom stereocenters. The number of aryl methyl sites for hydroxylation is 1. The Morgan fingerprint density at radius 3 is 2.67 bits per heavy atom. The molecule has 7 nitrogen and oxygen atoms in total. The van der Waals surface area contributed by atoms with E-state index in [-0.39, 0.29) is 11.8 Å². The lowest BCUT2D eigenvalue weighted by molar-refractivity contribution is -0.117. The second-order valence-corrected chi connectivity index (χ2v) is 8.09. The van der Waals surface area contributed by atoms with E-state index in [2.05, 4.69) is 10.3 Å². The molecular weight excluding hydrogens is 416 g/mol. The Morgan fingerprint density at radius 1 is 1.09 bits per heavy atom. The van der Waals surface area contributed by atoms with Gasteiger partial charge in [0.15, 0.2) is 0 Å². The minimum atomic E-state index is -0.239. The summed E-state index contributed by atoms with van der Waals surface area (Å²) in [6.07, 6.45) is 5.28. The van der Waals surface area contributed by atoms with Gasteiger partial charge in [-0.2, -0.15) is 0 Å². The molecule has 1 N–H and O–H groups in total. The Balaban J connectivity index is 1.24. The highest BCUT2D eigenvalue weighted by molar-refractivity contribution is 6.08. The molecular formula is C26H24N4O3. The van der Waals surface area contributed by atoms with Crippen molar-refractivity contribution in [1.82, 2.24) is 9.38 Å². The number of pyridine rings is 1. The van der Waals surface area contributed by atoms with Gasteiger partial charge in [0.25, 0.3) is 5.91 Å². The third kappa shape index (κ3) is 4.30. The Morgan fingerprint density at radius 2 is 1.91 bits per heavy atom. The average Bonchev–Trinajstić information content (AvgIpc) is 3.45. The number of imidazole rings is 1. The summed E-state index contributed by atoms with van der Waals surface area (Å²) in [6.45, 7) is 3.03. The molecule has 0 aliphatic carbocycles. The number of amides is 2. The summed E-state index contributed by atoms with van der Waals surface area (Å²) in [7, 11) is 0. The van der Waals surface area contributed by atoms with E-state index in [1.807, 2.05) is 60.1 Å². The van der Waals surface area contributed by atoms with E-state index in [4.69, 9.17) is 4.74 Å². The van der Waals surface area contributed by atoms with Crippen LogP contribution >= 0.6 is 0 Å². The highest BCUT2D eigenvalue weighted by atomic mass is 16.5. The molecule has 3 heterocycles. The normalized spacial score (nSPS) is 13.5. The van der Waals surface area contributed by atoms with Gasteiger partial charge in [0.05, 0.1) is 17.1 Å². The topological polar surface area (TPSA) is 75.9 Å². The molecule has 5 rings (SSSR count). The Bertz CT molecular complexity index is 1330. The highest BCUT2D eigenvalue weighted by Crippen LogP contribution is 2.29. The van der Waals surface area contributed by atoms with Crippen LogP contribution in [0.1, 0.15) is 34.5 Å². The van der Waals surface area contributed by atoms with E-state index in [1.165, 1.54) is 0 Å². The van der Waals surface area contributed by atoms with Gasteiger partial charge in [0.2, 0.25) is 5.91 Å². The van der Waals surface area contributed by atoms with E-state index in [1.54, 1.807) is 29.2 Å². The number of rotatable bonds is 6. The van der Waals surface area contributed by atoms with Crippen molar-refractivity contribution in [3.8, 4) is 5.75 Å². The van der Waals surface area contributed by atoms with Crippen LogP contribution in [0.25, 0.3) is 5.65 Å². The monoisotopic (exact) mass is 440 g/mol. The largest absolute Gasteiger partial charge is 0.487 e. The van der Waals surface area contributed by atoms with Crippen LogP contribution in [0.5, 0.6) is 5.75 Å². The molecule has 1 aliphatic rings. The molecule has 7 heteroatoms.